The molecule has 34 heavy (non-hydrogen) atoms. The van der Waals surface area contributed by atoms with Gasteiger partial charge in [-0.2, -0.15) is 4.98 Å². The number of hydrogen-bond acceptors (Lipinski definition) is 6. The fraction of sp³-hybridized carbons (Fsp3) is 0.444. The van der Waals surface area contributed by atoms with Crippen LogP contribution in [0, 0.1) is 0 Å². The van der Waals surface area contributed by atoms with Gasteiger partial charge in [0, 0.05) is 57.7 Å². The minimum atomic E-state index is -0.0227. The van der Waals surface area contributed by atoms with Crippen LogP contribution in [-0.2, 0) is 24.3 Å². The number of piperazine rings is 1. The van der Waals surface area contributed by atoms with E-state index in [1.165, 1.54) is 11.1 Å². The van der Waals surface area contributed by atoms with Gasteiger partial charge in [0.2, 0.25) is 17.6 Å². The molecule has 7 heteroatoms. The Labute approximate surface area is 202 Å². The lowest BCUT2D eigenvalue weighted by atomic mass is 10.0. The summed E-state index contributed by atoms with van der Waals surface area (Å²) in [4.78, 5) is 21.7. The lowest BCUT2D eigenvalue weighted by molar-refractivity contribution is -0.121. The third-order valence-corrected chi connectivity index (χ3v) is 6.35. The molecule has 1 aliphatic heterocycles. The molecule has 1 saturated heterocycles. The second-order valence-corrected chi connectivity index (χ2v) is 9.46. The van der Waals surface area contributed by atoms with E-state index < -0.39 is 0 Å². The fourth-order valence-corrected chi connectivity index (χ4v) is 4.10. The monoisotopic (exact) mass is 461 g/mol. The number of benzene rings is 2. The van der Waals surface area contributed by atoms with Crippen molar-refractivity contribution in [2.45, 2.75) is 45.7 Å². The van der Waals surface area contributed by atoms with E-state index in [0.717, 1.165) is 43.9 Å². The summed E-state index contributed by atoms with van der Waals surface area (Å²) in [5, 5.41) is 7.08. The average molecular weight is 462 g/mol. The van der Waals surface area contributed by atoms with Crippen molar-refractivity contribution in [2.75, 3.05) is 33.2 Å². The smallest absolute Gasteiger partial charge is 0.227 e. The van der Waals surface area contributed by atoms with Crippen molar-refractivity contribution in [3.05, 3.63) is 71.1 Å². The molecule has 4 rings (SSSR count). The van der Waals surface area contributed by atoms with Crippen LogP contribution in [0.2, 0.25) is 0 Å². The van der Waals surface area contributed by atoms with Crippen LogP contribution >= 0.6 is 0 Å². The molecular formula is C27H35N5O2. The minimum absolute atomic E-state index is 0.0227. The molecule has 1 aliphatic rings. The summed E-state index contributed by atoms with van der Waals surface area (Å²) in [6.07, 6.45) is 0.737. The largest absolute Gasteiger partial charge is 0.352 e. The standard InChI is InChI=1S/C27H35N5O2/c1-20(2)23-7-9-24(10-8-23)27-29-26(34-30-27)12-11-25(33)28-18-21-5-4-6-22(17-21)19-32-15-13-31(3)14-16-32/h4-10,17,20H,11-16,18-19H2,1-3H3,(H,28,33). The fourth-order valence-electron chi connectivity index (χ4n) is 4.10. The molecule has 7 nitrogen and oxygen atoms in total. The highest BCUT2D eigenvalue weighted by Crippen LogP contribution is 2.20. The van der Waals surface area contributed by atoms with Gasteiger partial charge >= 0.3 is 0 Å². The molecule has 2 heterocycles. The quantitative estimate of drug-likeness (QED) is 0.522. The number of nitrogens with zero attached hydrogens (tertiary/aromatic N) is 4. The van der Waals surface area contributed by atoms with Crippen LogP contribution in [0.15, 0.2) is 53.1 Å². The lowest BCUT2D eigenvalue weighted by Crippen LogP contribution is -2.43. The molecule has 0 bridgehead atoms. The number of carbonyl (C=O) groups is 1. The van der Waals surface area contributed by atoms with Crippen molar-refractivity contribution in [1.29, 1.82) is 0 Å². The maximum atomic E-state index is 12.4. The Morgan fingerprint density at radius 3 is 2.53 bits per heavy atom. The molecule has 0 radical (unpaired) electrons. The summed E-state index contributed by atoms with van der Waals surface area (Å²) in [6, 6.07) is 16.7. The van der Waals surface area contributed by atoms with E-state index in [0.29, 0.717) is 37.0 Å². The van der Waals surface area contributed by atoms with Gasteiger partial charge in [0.05, 0.1) is 0 Å². The molecule has 0 atom stereocenters. The topological polar surface area (TPSA) is 74.5 Å². The van der Waals surface area contributed by atoms with Gasteiger partial charge in [-0.1, -0.05) is 67.5 Å². The molecule has 1 fully saturated rings. The molecule has 1 N–H and O–H groups in total. The number of amides is 1. The van der Waals surface area contributed by atoms with Crippen molar-refractivity contribution < 1.29 is 9.32 Å². The summed E-state index contributed by atoms with van der Waals surface area (Å²) in [5.41, 5.74) is 4.59. The van der Waals surface area contributed by atoms with Gasteiger partial charge in [0.25, 0.3) is 0 Å². The van der Waals surface area contributed by atoms with Gasteiger partial charge in [0.15, 0.2) is 0 Å². The van der Waals surface area contributed by atoms with Gasteiger partial charge in [-0.25, -0.2) is 0 Å². The highest BCUT2D eigenvalue weighted by Gasteiger charge is 2.14. The Hall–Kier alpha value is -3.03. The molecule has 0 aliphatic carbocycles. The highest BCUT2D eigenvalue weighted by molar-refractivity contribution is 5.76. The third-order valence-electron chi connectivity index (χ3n) is 6.35. The van der Waals surface area contributed by atoms with Crippen molar-refractivity contribution in [3.8, 4) is 11.4 Å². The van der Waals surface area contributed by atoms with E-state index in [2.05, 4.69) is 82.6 Å². The first-order chi connectivity index (χ1) is 16.5. The van der Waals surface area contributed by atoms with Crippen LogP contribution in [0.3, 0.4) is 0 Å². The molecule has 1 amide bonds. The Morgan fingerprint density at radius 2 is 1.79 bits per heavy atom. The zero-order chi connectivity index (χ0) is 23.9. The number of nitrogens with one attached hydrogen (secondary N) is 1. The predicted octanol–water partition coefficient (Wildman–Crippen LogP) is 3.86. The molecule has 0 unspecified atom stereocenters. The summed E-state index contributed by atoms with van der Waals surface area (Å²) < 4.78 is 5.36. The van der Waals surface area contributed by atoms with Crippen LogP contribution in [-0.4, -0.2) is 59.1 Å². The van der Waals surface area contributed by atoms with Gasteiger partial charge in [-0.3, -0.25) is 9.69 Å². The first-order valence-corrected chi connectivity index (χ1v) is 12.1. The highest BCUT2D eigenvalue weighted by atomic mass is 16.5. The van der Waals surface area contributed by atoms with Crippen molar-refractivity contribution in [3.63, 3.8) is 0 Å². The summed E-state index contributed by atoms with van der Waals surface area (Å²) in [5.74, 6) is 1.49. The normalized spacial score (nSPS) is 15.1. The number of rotatable bonds is 9. The Bertz CT molecular complexity index is 1070. The van der Waals surface area contributed by atoms with Crippen molar-refractivity contribution in [1.82, 2.24) is 25.3 Å². The van der Waals surface area contributed by atoms with E-state index >= 15 is 0 Å². The van der Waals surface area contributed by atoms with Crippen LogP contribution in [0.4, 0.5) is 0 Å². The summed E-state index contributed by atoms with van der Waals surface area (Å²) in [7, 11) is 2.17. The number of carbonyl (C=O) groups excluding carboxylic acids is 1. The molecule has 180 valence electrons. The molecule has 1 aromatic heterocycles. The zero-order valence-corrected chi connectivity index (χ0v) is 20.5. The molecule has 3 aromatic rings. The summed E-state index contributed by atoms with van der Waals surface area (Å²) in [6.45, 7) is 10.2. The van der Waals surface area contributed by atoms with Crippen LogP contribution < -0.4 is 5.32 Å². The van der Waals surface area contributed by atoms with Gasteiger partial charge < -0.3 is 14.7 Å². The number of likely N-dealkylation sites (N-methyl/N-ethyl adjacent to an activating group) is 1. The van der Waals surface area contributed by atoms with Gasteiger partial charge in [0.1, 0.15) is 0 Å². The molecule has 2 aromatic carbocycles. The Balaban J connectivity index is 1.23. The molecular weight excluding hydrogens is 426 g/mol. The predicted molar refractivity (Wildman–Crippen MR) is 133 cm³/mol. The number of aromatic nitrogens is 2. The van der Waals surface area contributed by atoms with E-state index in [-0.39, 0.29) is 5.91 Å². The van der Waals surface area contributed by atoms with Crippen LogP contribution in [0.1, 0.15) is 48.8 Å². The van der Waals surface area contributed by atoms with Crippen LogP contribution in [0.25, 0.3) is 11.4 Å². The molecule has 0 spiro atoms. The molecule has 0 saturated carbocycles. The average Bonchev–Trinajstić information content (AvgIpc) is 3.32. The first-order valence-electron chi connectivity index (χ1n) is 12.1. The maximum absolute atomic E-state index is 12.4. The second kappa shape index (κ2) is 11.4. The third kappa shape index (κ3) is 6.74. The van der Waals surface area contributed by atoms with Gasteiger partial charge in [-0.05, 0) is 29.7 Å². The van der Waals surface area contributed by atoms with Crippen LogP contribution in [0.5, 0.6) is 0 Å². The van der Waals surface area contributed by atoms with E-state index in [9.17, 15) is 4.79 Å². The van der Waals surface area contributed by atoms with E-state index in [1.807, 2.05) is 12.1 Å². The second-order valence-electron chi connectivity index (χ2n) is 9.46. The summed E-state index contributed by atoms with van der Waals surface area (Å²) >= 11 is 0. The number of aryl methyl sites for hydroxylation is 1. The Morgan fingerprint density at radius 1 is 1.06 bits per heavy atom. The Kier molecular flexibility index (Phi) is 8.08. The van der Waals surface area contributed by atoms with E-state index in [1.54, 1.807) is 0 Å². The zero-order valence-electron chi connectivity index (χ0n) is 20.5. The van der Waals surface area contributed by atoms with Crippen molar-refractivity contribution >= 4 is 5.91 Å². The SMILES string of the molecule is CC(C)c1ccc(-c2noc(CCC(=O)NCc3cccc(CN4CCN(C)CC4)c3)n2)cc1. The number of hydrogen-bond donors (Lipinski definition) is 1. The first kappa shape index (κ1) is 24.1. The van der Waals surface area contributed by atoms with E-state index in [4.69, 9.17) is 4.52 Å². The van der Waals surface area contributed by atoms with Gasteiger partial charge in [-0.15, -0.1) is 0 Å². The maximum Gasteiger partial charge on any atom is 0.227 e. The minimum Gasteiger partial charge on any atom is -0.352 e. The lowest BCUT2D eigenvalue weighted by Gasteiger charge is -2.32. The van der Waals surface area contributed by atoms with Crippen molar-refractivity contribution in [2.24, 2.45) is 0 Å².